The topological polar surface area (TPSA) is 71.3 Å². The molecule has 1 unspecified atom stereocenters. The van der Waals surface area contributed by atoms with E-state index in [2.05, 4.69) is 22.4 Å². The van der Waals surface area contributed by atoms with Crippen molar-refractivity contribution in [2.24, 2.45) is 0 Å². The van der Waals surface area contributed by atoms with Crippen molar-refractivity contribution in [3.63, 3.8) is 0 Å². The number of aryl methyl sites for hydroxylation is 1. The monoisotopic (exact) mass is 420 g/mol. The highest BCUT2D eigenvalue weighted by Crippen LogP contribution is 2.37. The number of aromatic nitrogens is 2. The number of carbonyl (C=O) groups is 1. The second-order valence-corrected chi connectivity index (χ2v) is 7.56. The predicted octanol–water partition coefficient (Wildman–Crippen LogP) is 5.35. The minimum absolute atomic E-state index is 0.229. The van der Waals surface area contributed by atoms with Crippen LogP contribution in [0.5, 0.6) is 0 Å². The van der Waals surface area contributed by atoms with E-state index in [1.54, 1.807) is 17.0 Å². The Labute approximate surface area is 180 Å². The normalized spacial score (nSPS) is 16.6. The third-order valence-electron chi connectivity index (χ3n) is 5.50. The van der Waals surface area contributed by atoms with Gasteiger partial charge in [-0.2, -0.15) is 4.98 Å². The van der Waals surface area contributed by atoms with Gasteiger partial charge < -0.3 is 9.84 Å². The quantitative estimate of drug-likeness (QED) is 0.584. The molecule has 0 saturated carbocycles. The van der Waals surface area contributed by atoms with Gasteiger partial charge in [0.05, 0.1) is 11.6 Å². The van der Waals surface area contributed by atoms with E-state index in [1.807, 2.05) is 38.1 Å². The highest BCUT2D eigenvalue weighted by Gasteiger charge is 2.35. The molecule has 1 aliphatic rings. The molecule has 7 heteroatoms. The van der Waals surface area contributed by atoms with Crippen LogP contribution in [-0.2, 0) is 6.42 Å². The zero-order chi connectivity index (χ0) is 22.0. The number of urea groups is 1. The summed E-state index contributed by atoms with van der Waals surface area (Å²) in [6, 6.07) is 13.4. The van der Waals surface area contributed by atoms with Gasteiger partial charge in [0.15, 0.2) is 0 Å². The van der Waals surface area contributed by atoms with Crippen LogP contribution in [0, 0.1) is 5.82 Å². The lowest BCUT2D eigenvalue weighted by atomic mass is 9.94. The predicted molar refractivity (Wildman–Crippen MR) is 116 cm³/mol. The molecule has 2 aromatic carbocycles. The van der Waals surface area contributed by atoms with Crippen LogP contribution in [0.4, 0.5) is 9.18 Å². The molecule has 2 amide bonds. The van der Waals surface area contributed by atoms with Crippen molar-refractivity contribution < 1.29 is 13.7 Å². The van der Waals surface area contributed by atoms with Gasteiger partial charge in [0.1, 0.15) is 5.82 Å². The van der Waals surface area contributed by atoms with E-state index in [9.17, 15) is 9.18 Å². The lowest BCUT2D eigenvalue weighted by Gasteiger charge is -2.35. The van der Waals surface area contributed by atoms with E-state index in [0.717, 1.165) is 24.1 Å². The van der Waals surface area contributed by atoms with Crippen LogP contribution in [0.1, 0.15) is 50.3 Å². The zero-order valence-corrected chi connectivity index (χ0v) is 17.9. The van der Waals surface area contributed by atoms with Crippen LogP contribution in [0.2, 0.25) is 0 Å². The van der Waals surface area contributed by atoms with E-state index < -0.39 is 6.04 Å². The van der Waals surface area contributed by atoms with Crippen molar-refractivity contribution in [1.82, 2.24) is 20.4 Å². The van der Waals surface area contributed by atoms with Crippen LogP contribution in [0.3, 0.4) is 0 Å². The van der Waals surface area contributed by atoms with Crippen molar-refractivity contribution in [3.05, 3.63) is 77.1 Å². The molecule has 0 radical (unpaired) electrons. The Morgan fingerprint density at radius 2 is 1.94 bits per heavy atom. The number of hydrogen-bond donors (Lipinski definition) is 1. The molecule has 0 aliphatic carbocycles. The van der Waals surface area contributed by atoms with Crippen LogP contribution in [-0.4, -0.2) is 27.6 Å². The summed E-state index contributed by atoms with van der Waals surface area (Å²) < 4.78 is 19.6. The molecule has 4 rings (SSSR count). The van der Waals surface area contributed by atoms with Gasteiger partial charge in [-0.15, -0.1) is 0 Å². The summed E-state index contributed by atoms with van der Waals surface area (Å²) in [6.45, 7) is 6.51. The Bertz CT molecular complexity index is 1120. The molecule has 6 nitrogen and oxygen atoms in total. The van der Waals surface area contributed by atoms with E-state index in [-0.39, 0.29) is 11.8 Å². The third-order valence-corrected chi connectivity index (χ3v) is 5.50. The molecule has 2 heterocycles. The summed E-state index contributed by atoms with van der Waals surface area (Å²) in [7, 11) is 0. The molecular weight excluding hydrogens is 395 g/mol. The summed E-state index contributed by atoms with van der Waals surface area (Å²) in [5, 5.41) is 7.13. The fraction of sp³-hybridized carbons (Fsp3) is 0.292. The first-order valence-corrected chi connectivity index (χ1v) is 10.5. The highest BCUT2D eigenvalue weighted by molar-refractivity contribution is 5.86. The van der Waals surface area contributed by atoms with Gasteiger partial charge in [0, 0.05) is 17.8 Å². The molecule has 1 aliphatic heterocycles. The molecule has 160 valence electrons. The van der Waals surface area contributed by atoms with Crippen LogP contribution in [0.15, 0.2) is 58.8 Å². The van der Waals surface area contributed by atoms with Gasteiger partial charge in [-0.1, -0.05) is 55.4 Å². The summed E-state index contributed by atoms with van der Waals surface area (Å²) in [5.41, 5.74) is 4.07. The number of hydrogen-bond acceptors (Lipinski definition) is 4. The molecule has 31 heavy (non-hydrogen) atoms. The molecular formula is C24H25FN4O2. The number of allylic oxidation sites excluding steroid dienone is 1. The fourth-order valence-electron chi connectivity index (χ4n) is 3.83. The maximum absolute atomic E-state index is 13.9. The molecule has 0 spiro atoms. The largest absolute Gasteiger partial charge is 0.334 e. The molecule has 0 saturated heterocycles. The van der Waals surface area contributed by atoms with Gasteiger partial charge in [0.2, 0.25) is 5.82 Å². The maximum atomic E-state index is 13.9. The second kappa shape index (κ2) is 8.71. The number of amides is 2. The lowest BCUT2D eigenvalue weighted by molar-refractivity contribution is 0.205. The van der Waals surface area contributed by atoms with Crippen LogP contribution < -0.4 is 5.32 Å². The first-order chi connectivity index (χ1) is 15.0. The lowest BCUT2D eigenvalue weighted by Crippen LogP contribution is -2.46. The second-order valence-electron chi connectivity index (χ2n) is 7.56. The number of carbonyl (C=O) groups excluding carboxylic acids is 1. The van der Waals surface area contributed by atoms with Gasteiger partial charge in [-0.25, -0.2) is 9.18 Å². The average Bonchev–Trinajstić information content (AvgIpc) is 3.26. The van der Waals surface area contributed by atoms with Gasteiger partial charge in [-0.05, 0) is 43.0 Å². The van der Waals surface area contributed by atoms with Gasteiger partial charge in [-0.3, -0.25) is 4.90 Å². The summed E-state index contributed by atoms with van der Waals surface area (Å²) in [5.74, 6) is 0.402. The Kier molecular flexibility index (Phi) is 5.84. The fourth-order valence-corrected chi connectivity index (χ4v) is 3.83. The third kappa shape index (κ3) is 4.08. The van der Waals surface area contributed by atoms with Gasteiger partial charge >= 0.3 is 6.03 Å². The Morgan fingerprint density at radius 3 is 2.61 bits per heavy atom. The van der Waals surface area contributed by atoms with Crippen molar-refractivity contribution in [2.45, 2.75) is 39.7 Å². The summed E-state index contributed by atoms with van der Waals surface area (Å²) >= 11 is 0. The highest BCUT2D eigenvalue weighted by atomic mass is 19.1. The smallest absolute Gasteiger partial charge is 0.322 e. The van der Waals surface area contributed by atoms with Crippen molar-refractivity contribution in [2.75, 3.05) is 6.54 Å². The van der Waals surface area contributed by atoms with Crippen molar-refractivity contribution in [3.8, 4) is 11.4 Å². The van der Waals surface area contributed by atoms with Crippen LogP contribution in [0.25, 0.3) is 17.0 Å². The number of nitrogens with one attached hydrogen (secondary N) is 1. The standard InChI is InChI=1S/C24H25FN4O2/c1-4-13-29-15(3)20(21(26-24(29)30)18-7-6-8-19(25)14-18)23-27-22(28-31-23)17-11-9-16(5-2)10-12-17/h6-12,14,21H,4-5,13H2,1-3H3,(H,26,30). The molecule has 1 N–H and O–H groups in total. The number of halogens is 1. The number of nitrogens with zero attached hydrogens (tertiary/aromatic N) is 3. The molecule has 1 aromatic heterocycles. The summed E-state index contributed by atoms with van der Waals surface area (Å²) in [4.78, 5) is 19.0. The molecule has 0 fully saturated rings. The Balaban J connectivity index is 1.79. The molecule has 0 bridgehead atoms. The zero-order valence-electron chi connectivity index (χ0n) is 17.9. The minimum atomic E-state index is -0.591. The minimum Gasteiger partial charge on any atom is -0.334 e. The average molecular weight is 420 g/mol. The van der Waals surface area contributed by atoms with E-state index in [1.165, 1.54) is 17.7 Å². The SMILES string of the molecule is CCCN1C(=O)NC(c2cccc(F)c2)C(c2nc(-c3ccc(CC)cc3)no2)=C1C. The molecule has 3 aromatic rings. The van der Waals surface area contributed by atoms with Crippen molar-refractivity contribution in [1.29, 1.82) is 0 Å². The van der Waals surface area contributed by atoms with Crippen molar-refractivity contribution >= 4 is 11.6 Å². The first kappa shape index (κ1) is 20.8. The van der Waals surface area contributed by atoms with E-state index in [4.69, 9.17) is 4.52 Å². The van der Waals surface area contributed by atoms with E-state index in [0.29, 0.717) is 29.4 Å². The van der Waals surface area contributed by atoms with E-state index >= 15 is 0 Å². The Morgan fingerprint density at radius 1 is 1.16 bits per heavy atom. The van der Waals surface area contributed by atoms with Crippen LogP contribution >= 0.6 is 0 Å². The number of benzene rings is 2. The maximum Gasteiger partial charge on any atom is 0.322 e. The first-order valence-electron chi connectivity index (χ1n) is 10.5. The Hall–Kier alpha value is -3.48. The summed E-state index contributed by atoms with van der Waals surface area (Å²) in [6.07, 6.45) is 1.74. The molecule has 1 atom stereocenters. The van der Waals surface area contributed by atoms with Gasteiger partial charge in [0.25, 0.3) is 5.89 Å². The number of rotatable bonds is 6.